The molecule has 2 N–H and O–H groups in total. The minimum atomic E-state index is -0.216. The van der Waals surface area contributed by atoms with Gasteiger partial charge in [-0.1, -0.05) is 12.1 Å². The van der Waals surface area contributed by atoms with E-state index in [1.165, 1.54) is 6.07 Å². The van der Waals surface area contributed by atoms with Crippen LogP contribution in [0, 0.1) is 0 Å². The Morgan fingerprint density at radius 1 is 1.11 bits per heavy atom. The minimum absolute atomic E-state index is 0.216. The van der Waals surface area contributed by atoms with E-state index in [9.17, 15) is 4.79 Å². The molecule has 4 rings (SSSR count). The van der Waals surface area contributed by atoms with Crippen molar-refractivity contribution < 1.29 is 9.47 Å². The van der Waals surface area contributed by atoms with Gasteiger partial charge in [-0.15, -0.1) is 0 Å². The van der Waals surface area contributed by atoms with Crippen LogP contribution in [-0.4, -0.2) is 43.4 Å². The van der Waals surface area contributed by atoms with Gasteiger partial charge in [0.05, 0.1) is 37.4 Å². The van der Waals surface area contributed by atoms with Gasteiger partial charge >= 0.3 is 0 Å². The standard InChI is InChI=1S/C21H22N4O3/c1-27-16-8-6-15(7-9-16)18-14-20(26)24-21(23-18)22-17-4-2-3-5-19(17)25-10-12-28-13-11-25/h2-9,14H,10-13H2,1H3,(H2,22,23,24,26). The molecule has 0 saturated carbocycles. The molecule has 0 atom stereocenters. The van der Waals surface area contributed by atoms with Gasteiger partial charge in [0.15, 0.2) is 0 Å². The highest BCUT2D eigenvalue weighted by atomic mass is 16.5. The highest BCUT2D eigenvalue weighted by Gasteiger charge is 2.15. The number of morpholine rings is 1. The second-order valence-corrected chi connectivity index (χ2v) is 6.45. The Morgan fingerprint density at radius 2 is 1.86 bits per heavy atom. The maximum absolute atomic E-state index is 12.2. The molecule has 1 aliphatic rings. The molecule has 1 aromatic heterocycles. The number of methoxy groups -OCH3 is 1. The number of para-hydroxylation sites is 2. The van der Waals surface area contributed by atoms with Crippen LogP contribution in [0.25, 0.3) is 11.3 Å². The van der Waals surface area contributed by atoms with Crippen LogP contribution in [0.1, 0.15) is 0 Å². The van der Waals surface area contributed by atoms with Crippen molar-refractivity contribution >= 4 is 17.3 Å². The summed E-state index contributed by atoms with van der Waals surface area (Å²) in [6, 6.07) is 16.9. The SMILES string of the molecule is COc1ccc(-c2cc(=O)[nH]c(Nc3ccccc3N3CCOCC3)n2)cc1. The molecular weight excluding hydrogens is 356 g/mol. The predicted octanol–water partition coefficient (Wildman–Crippen LogP) is 3.03. The highest BCUT2D eigenvalue weighted by molar-refractivity contribution is 5.74. The minimum Gasteiger partial charge on any atom is -0.497 e. The first-order valence-electron chi connectivity index (χ1n) is 9.17. The molecule has 0 bridgehead atoms. The van der Waals surface area contributed by atoms with Crippen LogP contribution in [0.3, 0.4) is 0 Å². The first-order valence-corrected chi connectivity index (χ1v) is 9.17. The lowest BCUT2D eigenvalue weighted by Gasteiger charge is -2.30. The number of H-pyrrole nitrogens is 1. The smallest absolute Gasteiger partial charge is 0.252 e. The number of anilines is 3. The van der Waals surface area contributed by atoms with Gasteiger partial charge in [-0.3, -0.25) is 9.78 Å². The Morgan fingerprint density at radius 3 is 2.61 bits per heavy atom. The van der Waals surface area contributed by atoms with Crippen LogP contribution in [0.2, 0.25) is 0 Å². The summed E-state index contributed by atoms with van der Waals surface area (Å²) in [4.78, 5) is 21.8. The van der Waals surface area contributed by atoms with Gasteiger partial charge in [-0.05, 0) is 36.4 Å². The van der Waals surface area contributed by atoms with Crippen molar-refractivity contribution in [2.45, 2.75) is 0 Å². The van der Waals surface area contributed by atoms with Crippen LogP contribution in [-0.2, 0) is 4.74 Å². The van der Waals surface area contributed by atoms with Crippen LogP contribution >= 0.6 is 0 Å². The fraction of sp³-hybridized carbons (Fsp3) is 0.238. The summed E-state index contributed by atoms with van der Waals surface area (Å²) in [5, 5.41) is 3.27. The van der Waals surface area contributed by atoms with E-state index in [2.05, 4.69) is 26.3 Å². The normalized spacial score (nSPS) is 14.0. The molecule has 1 fully saturated rings. The number of aromatic nitrogens is 2. The molecule has 2 aromatic carbocycles. The number of aromatic amines is 1. The Kier molecular flexibility index (Phi) is 5.25. The number of benzene rings is 2. The Balaban J connectivity index is 1.64. The molecule has 0 spiro atoms. The van der Waals surface area contributed by atoms with Crippen molar-refractivity contribution in [2.24, 2.45) is 0 Å². The zero-order chi connectivity index (χ0) is 19.3. The first kappa shape index (κ1) is 18.1. The van der Waals surface area contributed by atoms with Crippen molar-refractivity contribution in [3.05, 3.63) is 65.0 Å². The summed E-state index contributed by atoms with van der Waals surface area (Å²) in [6.07, 6.45) is 0. The summed E-state index contributed by atoms with van der Waals surface area (Å²) in [5.41, 5.74) is 3.17. The number of hydrogen-bond acceptors (Lipinski definition) is 6. The van der Waals surface area contributed by atoms with Crippen LogP contribution in [0.5, 0.6) is 5.75 Å². The third-order valence-corrected chi connectivity index (χ3v) is 4.64. The van der Waals surface area contributed by atoms with Crippen molar-refractivity contribution in [1.82, 2.24) is 9.97 Å². The van der Waals surface area contributed by atoms with Gasteiger partial charge in [0.25, 0.3) is 5.56 Å². The second-order valence-electron chi connectivity index (χ2n) is 6.45. The molecule has 0 radical (unpaired) electrons. The molecule has 1 aliphatic heterocycles. The van der Waals surface area contributed by atoms with Crippen molar-refractivity contribution in [3.63, 3.8) is 0 Å². The number of nitrogens with one attached hydrogen (secondary N) is 2. The van der Waals surface area contributed by atoms with Gasteiger partial charge in [0.2, 0.25) is 5.95 Å². The Hall–Kier alpha value is -3.32. The van der Waals surface area contributed by atoms with Crippen molar-refractivity contribution in [2.75, 3.05) is 43.6 Å². The number of nitrogens with zero attached hydrogens (tertiary/aromatic N) is 2. The largest absolute Gasteiger partial charge is 0.497 e. The highest BCUT2D eigenvalue weighted by Crippen LogP contribution is 2.28. The molecule has 7 heteroatoms. The fourth-order valence-corrected chi connectivity index (χ4v) is 3.21. The molecule has 1 saturated heterocycles. The molecule has 144 valence electrons. The van der Waals surface area contributed by atoms with Crippen LogP contribution in [0.4, 0.5) is 17.3 Å². The Bertz CT molecular complexity index is 995. The molecule has 0 unspecified atom stereocenters. The quantitative estimate of drug-likeness (QED) is 0.710. The average molecular weight is 378 g/mol. The molecule has 0 aliphatic carbocycles. The monoisotopic (exact) mass is 378 g/mol. The van der Waals surface area contributed by atoms with Gasteiger partial charge in [0.1, 0.15) is 5.75 Å². The Labute approximate surface area is 163 Å². The number of hydrogen-bond donors (Lipinski definition) is 2. The van der Waals surface area contributed by atoms with E-state index >= 15 is 0 Å². The maximum Gasteiger partial charge on any atom is 0.252 e. The summed E-state index contributed by atoms with van der Waals surface area (Å²) in [6.45, 7) is 3.07. The molecule has 0 amide bonds. The lowest BCUT2D eigenvalue weighted by molar-refractivity contribution is 0.123. The third-order valence-electron chi connectivity index (χ3n) is 4.64. The van der Waals surface area contributed by atoms with Crippen molar-refractivity contribution in [3.8, 4) is 17.0 Å². The van der Waals surface area contributed by atoms with E-state index < -0.39 is 0 Å². The zero-order valence-electron chi connectivity index (χ0n) is 15.6. The number of ether oxygens (including phenoxy) is 2. The summed E-state index contributed by atoms with van der Waals surface area (Å²) >= 11 is 0. The maximum atomic E-state index is 12.2. The van der Waals surface area contributed by atoms with E-state index in [1.807, 2.05) is 42.5 Å². The van der Waals surface area contributed by atoms with Gasteiger partial charge in [-0.25, -0.2) is 4.98 Å². The lowest BCUT2D eigenvalue weighted by Crippen LogP contribution is -2.36. The predicted molar refractivity (Wildman–Crippen MR) is 110 cm³/mol. The van der Waals surface area contributed by atoms with Gasteiger partial charge in [-0.2, -0.15) is 0 Å². The van der Waals surface area contributed by atoms with E-state index in [-0.39, 0.29) is 5.56 Å². The van der Waals surface area contributed by atoms with E-state index in [0.717, 1.165) is 35.8 Å². The molecule has 28 heavy (non-hydrogen) atoms. The molecule has 2 heterocycles. The first-order chi connectivity index (χ1) is 13.7. The van der Waals surface area contributed by atoms with E-state index in [1.54, 1.807) is 7.11 Å². The van der Waals surface area contributed by atoms with Crippen molar-refractivity contribution in [1.29, 1.82) is 0 Å². The summed E-state index contributed by atoms with van der Waals surface area (Å²) in [7, 11) is 1.62. The second kappa shape index (κ2) is 8.14. The topological polar surface area (TPSA) is 79.5 Å². The van der Waals surface area contributed by atoms with E-state index in [4.69, 9.17) is 9.47 Å². The zero-order valence-corrected chi connectivity index (χ0v) is 15.6. The van der Waals surface area contributed by atoms with Crippen LogP contribution < -0.4 is 20.5 Å². The molecular formula is C21H22N4O3. The fourth-order valence-electron chi connectivity index (χ4n) is 3.21. The van der Waals surface area contributed by atoms with Crippen LogP contribution in [0.15, 0.2) is 59.4 Å². The summed E-state index contributed by atoms with van der Waals surface area (Å²) in [5.74, 6) is 1.16. The number of rotatable bonds is 5. The average Bonchev–Trinajstić information content (AvgIpc) is 2.74. The van der Waals surface area contributed by atoms with Gasteiger partial charge < -0.3 is 19.7 Å². The van der Waals surface area contributed by atoms with E-state index in [0.29, 0.717) is 24.9 Å². The summed E-state index contributed by atoms with van der Waals surface area (Å²) < 4.78 is 10.6. The third kappa shape index (κ3) is 3.99. The lowest BCUT2D eigenvalue weighted by atomic mass is 10.1. The molecule has 3 aromatic rings. The molecule has 7 nitrogen and oxygen atoms in total. The van der Waals surface area contributed by atoms with Gasteiger partial charge in [0, 0.05) is 24.7 Å².